The van der Waals surface area contributed by atoms with Crippen molar-refractivity contribution < 1.29 is 18.7 Å². The van der Waals surface area contributed by atoms with Gasteiger partial charge in [-0.15, -0.1) is 0 Å². The Bertz CT molecular complexity index is 447. The van der Waals surface area contributed by atoms with Gasteiger partial charge in [0.25, 0.3) is 5.91 Å². The van der Waals surface area contributed by atoms with E-state index in [0.717, 1.165) is 25.0 Å². The summed E-state index contributed by atoms with van der Waals surface area (Å²) in [5.74, 6) is -2.11. The SMILES string of the molecule is O=C(NCCC(O)C1CC1)c1ccc(F)c(F)c1. The molecule has 98 valence electrons. The Morgan fingerprint density at radius 3 is 2.72 bits per heavy atom. The third-order valence-electron chi connectivity index (χ3n) is 3.07. The van der Waals surface area contributed by atoms with Crippen LogP contribution in [0.2, 0.25) is 0 Å². The molecule has 0 spiro atoms. The van der Waals surface area contributed by atoms with Crippen molar-refractivity contribution >= 4 is 5.91 Å². The Hall–Kier alpha value is -1.49. The molecule has 5 heteroatoms. The van der Waals surface area contributed by atoms with Crippen molar-refractivity contribution in [1.29, 1.82) is 0 Å². The highest BCUT2D eigenvalue weighted by molar-refractivity contribution is 5.94. The molecule has 2 rings (SSSR count). The molecule has 0 radical (unpaired) electrons. The van der Waals surface area contributed by atoms with Crippen molar-refractivity contribution in [2.75, 3.05) is 6.54 Å². The van der Waals surface area contributed by atoms with Gasteiger partial charge in [0.1, 0.15) is 0 Å². The number of aliphatic hydroxyl groups is 1. The van der Waals surface area contributed by atoms with E-state index in [0.29, 0.717) is 18.9 Å². The van der Waals surface area contributed by atoms with Gasteiger partial charge >= 0.3 is 0 Å². The quantitative estimate of drug-likeness (QED) is 0.843. The molecule has 18 heavy (non-hydrogen) atoms. The van der Waals surface area contributed by atoms with Crippen molar-refractivity contribution in [3.8, 4) is 0 Å². The van der Waals surface area contributed by atoms with Gasteiger partial charge in [0.05, 0.1) is 6.10 Å². The predicted molar refractivity (Wildman–Crippen MR) is 62.0 cm³/mol. The molecular weight excluding hydrogens is 240 g/mol. The Morgan fingerprint density at radius 2 is 2.11 bits per heavy atom. The van der Waals surface area contributed by atoms with Crippen molar-refractivity contribution in [2.24, 2.45) is 5.92 Å². The molecule has 2 N–H and O–H groups in total. The fraction of sp³-hybridized carbons (Fsp3) is 0.462. The zero-order valence-electron chi connectivity index (χ0n) is 9.83. The number of carbonyl (C=O) groups is 1. The van der Waals surface area contributed by atoms with E-state index in [1.807, 2.05) is 0 Å². The summed E-state index contributed by atoms with van der Waals surface area (Å²) >= 11 is 0. The second kappa shape index (κ2) is 5.44. The van der Waals surface area contributed by atoms with Crippen LogP contribution in [0.1, 0.15) is 29.6 Å². The van der Waals surface area contributed by atoms with Gasteiger partial charge in [0.15, 0.2) is 11.6 Å². The third-order valence-corrected chi connectivity index (χ3v) is 3.07. The summed E-state index contributed by atoms with van der Waals surface area (Å²) in [6, 6.07) is 3.01. The summed E-state index contributed by atoms with van der Waals surface area (Å²) in [4.78, 5) is 11.6. The molecule has 1 amide bonds. The Balaban J connectivity index is 1.81. The second-order valence-corrected chi connectivity index (χ2v) is 4.58. The van der Waals surface area contributed by atoms with Crippen molar-refractivity contribution in [3.63, 3.8) is 0 Å². The molecule has 1 aliphatic rings. The van der Waals surface area contributed by atoms with Crippen LogP contribution in [0.3, 0.4) is 0 Å². The van der Waals surface area contributed by atoms with Gasteiger partial charge in [-0.1, -0.05) is 0 Å². The molecule has 1 saturated carbocycles. The van der Waals surface area contributed by atoms with Crippen LogP contribution in [-0.4, -0.2) is 23.7 Å². The van der Waals surface area contributed by atoms with E-state index in [9.17, 15) is 18.7 Å². The normalized spacial score (nSPS) is 16.4. The molecule has 1 atom stereocenters. The minimum Gasteiger partial charge on any atom is -0.393 e. The van der Waals surface area contributed by atoms with Crippen LogP contribution in [0.15, 0.2) is 18.2 Å². The fourth-order valence-electron chi connectivity index (χ4n) is 1.79. The van der Waals surface area contributed by atoms with E-state index in [4.69, 9.17) is 0 Å². The lowest BCUT2D eigenvalue weighted by atomic mass is 10.1. The van der Waals surface area contributed by atoms with Crippen LogP contribution in [-0.2, 0) is 0 Å². The smallest absolute Gasteiger partial charge is 0.251 e. The maximum absolute atomic E-state index is 12.9. The number of halogens is 2. The lowest BCUT2D eigenvalue weighted by Gasteiger charge is -2.10. The minimum atomic E-state index is -1.04. The molecule has 0 aliphatic heterocycles. The number of hydrogen-bond donors (Lipinski definition) is 2. The first-order valence-electron chi connectivity index (χ1n) is 5.99. The highest BCUT2D eigenvalue weighted by atomic mass is 19.2. The van der Waals surface area contributed by atoms with Gasteiger partial charge < -0.3 is 10.4 Å². The molecular formula is C13H15F2NO2. The molecule has 1 unspecified atom stereocenters. The molecule has 0 heterocycles. The summed E-state index contributed by atoms with van der Waals surface area (Å²) in [5, 5.41) is 12.2. The lowest BCUT2D eigenvalue weighted by molar-refractivity contribution is 0.0936. The van der Waals surface area contributed by atoms with Gasteiger partial charge in [-0.3, -0.25) is 4.79 Å². The highest BCUT2D eigenvalue weighted by Crippen LogP contribution is 2.33. The standard InChI is InChI=1S/C13H15F2NO2/c14-10-4-3-9(7-11(10)15)13(18)16-6-5-12(17)8-1-2-8/h3-4,7-8,12,17H,1-2,5-6H2,(H,16,18). The number of aliphatic hydroxyl groups excluding tert-OH is 1. The van der Waals surface area contributed by atoms with Crippen molar-refractivity contribution in [2.45, 2.75) is 25.4 Å². The summed E-state index contributed by atoms with van der Waals surface area (Å²) in [5.41, 5.74) is 0.0785. The van der Waals surface area contributed by atoms with Crippen LogP contribution < -0.4 is 5.32 Å². The number of rotatable bonds is 5. The molecule has 0 saturated heterocycles. The number of benzene rings is 1. The Kier molecular flexibility index (Phi) is 3.91. The van der Waals surface area contributed by atoms with Gasteiger partial charge in [-0.25, -0.2) is 8.78 Å². The van der Waals surface area contributed by atoms with Crippen LogP contribution in [0, 0.1) is 17.6 Å². The minimum absolute atomic E-state index is 0.0785. The van der Waals surface area contributed by atoms with Crippen LogP contribution in [0.5, 0.6) is 0 Å². The second-order valence-electron chi connectivity index (χ2n) is 4.58. The van der Waals surface area contributed by atoms with E-state index in [1.54, 1.807) is 0 Å². The number of amides is 1. The van der Waals surface area contributed by atoms with Crippen LogP contribution in [0.4, 0.5) is 8.78 Å². The van der Waals surface area contributed by atoms with Gasteiger partial charge in [-0.2, -0.15) is 0 Å². The largest absolute Gasteiger partial charge is 0.393 e. The maximum Gasteiger partial charge on any atom is 0.251 e. The summed E-state index contributed by atoms with van der Waals surface area (Å²) in [7, 11) is 0. The first-order chi connectivity index (χ1) is 8.58. The third kappa shape index (κ3) is 3.26. The van der Waals surface area contributed by atoms with Gasteiger partial charge in [-0.05, 0) is 43.4 Å². The average Bonchev–Trinajstić information content (AvgIpc) is 3.16. The molecule has 1 aliphatic carbocycles. The zero-order chi connectivity index (χ0) is 13.1. The molecule has 0 bridgehead atoms. The predicted octanol–water partition coefficient (Wildman–Crippen LogP) is 1.86. The molecule has 1 aromatic carbocycles. The zero-order valence-corrected chi connectivity index (χ0v) is 9.83. The molecule has 1 fully saturated rings. The maximum atomic E-state index is 12.9. The summed E-state index contributed by atoms with van der Waals surface area (Å²) in [6.45, 7) is 0.329. The Morgan fingerprint density at radius 1 is 1.39 bits per heavy atom. The van der Waals surface area contributed by atoms with Gasteiger partial charge in [0.2, 0.25) is 0 Å². The fourth-order valence-corrected chi connectivity index (χ4v) is 1.79. The first-order valence-corrected chi connectivity index (χ1v) is 5.99. The van der Waals surface area contributed by atoms with Crippen molar-refractivity contribution in [3.05, 3.63) is 35.4 Å². The van der Waals surface area contributed by atoms with Crippen LogP contribution in [0.25, 0.3) is 0 Å². The first kappa shape index (κ1) is 13.0. The van der Waals surface area contributed by atoms with E-state index in [-0.39, 0.29) is 11.7 Å². The van der Waals surface area contributed by atoms with Crippen LogP contribution >= 0.6 is 0 Å². The molecule has 1 aromatic rings. The average molecular weight is 255 g/mol. The number of hydrogen-bond acceptors (Lipinski definition) is 2. The summed E-state index contributed by atoms with van der Waals surface area (Å²) < 4.78 is 25.6. The van der Waals surface area contributed by atoms with Gasteiger partial charge in [0, 0.05) is 12.1 Å². The van der Waals surface area contributed by atoms with Crippen molar-refractivity contribution in [1.82, 2.24) is 5.32 Å². The molecule has 3 nitrogen and oxygen atoms in total. The number of carbonyl (C=O) groups excluding carboxylic acids is 1. The molecule has 0 aromatic heterocycles. The van der Waals surface area contributed by atoms with E-state index < -0.39 is 17.5 Å². The summed E-state index contributed by atoms with van der Waals surface area (Å²) in [6.07, 6.45) is 2.19. The lowest BCUT2D eigenvalue weighted by Crippen LogP contribution is -2.27. The van der Waals surface area contributed by atoms with E-state index in [2.05, 4.69) is 5.32 Å². The highest BCUT2D eigenvalue weighted by Gasteiger charge is 2.29. The Labute approximate surface area is 104 Å². The number of nitrogens with one attached hydrogen (secondary N) is 1. The van der Waals surface area contributed by atoms with E-state index in [1.165, 1.54) is 6.07 Å². The topological polar surface area (TPSA) is 49.3 Å². The monoisotopic (exact) mass is 255 g/mol. The van der Waals surface area contributed by atoms with E-state index >= 15 is 0 Å².